The van der Waals surface area contributed by atoms with Gasteiger partial charge in [-0.3, -0.25) is 0 Å². The van der Waals surface area contributed by atoms with Crippen LogP contribution in [0.2, 0.25) is 0 Å². The Balaban J connectivity index is 1.48. The molecule has 8 aliphatic carbocycles. The second kappa shape index (κ2) is 4.48. The summed E-state index contributed by atoms with van der Waals surface area (Å²) < 4.78 is 0. The Morgan fingerprint density at radius 2 is 1.00 bits per heavy atom. The molecule has 8 fully saturated rings. The molecule has 8 aliphatic rings. The summed E-state index contributed by atoms with van der Waals surface area (Å²) in [5, 5.41) is 0.891. The number of rotatable bonds is 0. The van der Waals surface area contributed by atoms with Gasteiger partial charge in [-0.1, -0.05) is 11.1 Å². The van der Waals surface area contributed by atoms with E-state index in [-0.39, 0.29) is 0 Å². The molecule has 0 aromatic carbocycles. The van der Waals surface area contributed by atoms with Crippen LogP contribution < -0.4 is 0 Å². The van der Waals surface area contributed by atoms with Gasteiger partial charge in [-0.15, -0.1) is 23.2 Å². The number of hydrogen-bond acceptors (Lipinski definition) is 0. The summed E-state index contributed by atoms with van der Waals surface area (Å²) >= 11 is 13.9. The van der Waals surface area contributed by atoms with Crippen LogP contribution in [-0.2, 0) is 0 Å². The standard InChI is InChI=1S/C20H26Cl2/c21-19-13-3-9-1-11(7-13)17(15(19)5-9)18-12-2-10-4-14(8-12)20(22)16(18)6-10/h9-16,19-20H,1-8H2/t9-,10-,11+,12+,13-,14-,15+,16+,19?,20?/m1/s1. The second-order valence-electron chi connectivity index (χ2n) is 9.54. The van der Waals surface area contributed by atoms with Gasteiger partial charge >= 0.3 is 0 Å². The molecule has 0 N–H and O–H groups in total. The first-order valence-corrected chi connectivity index (χ1v) is 10.6. The molecular formula is C20H26Cl2. The van der Waals surface area contributed by atoms with E-state index in [2.05, 4.69) is 0 Å². The third-order valence-corrected chi connectivity index (χ3v) is 9.86. The molecule has 0 aliphatic heterocycles. The molecule has 120 valence electrons. The van der Waals surface area contributed by atoms with E-state index in [1.54, 1.807) is 0 Å². The zero-order valence-corrected chi connectivity index (χ0v) is 14.7. The molecule has 10 atom stereocenters. The number of allylic oxidation sites excluding steroid dienone is 2. The van der Waals surface area contributed by atoms with Crippen LogP contribution in [0.3, 0.4) is 0 Å². The van der Waals surface area contributed by atoms with E-state index in [1.165, 1.54) is 51.4 Å². The first kappa shape index (κ1) is 13.6. The predicted molar refractivity (Wildman–Crippen MR) is 91.2 cm³/mol. The van der Waals surface area contributed by atoms with Crippen LogP contribution in [-0.4, -0.2) is 10.8 Å². The van der Waals surface area contributed by atoms with Crippen molar-refractivity contribution in [3.8, 4) is 0 Å². The lowest BCUT2D eigenvalue weighted by molar-refractivity contribution is 0.0462. The fourth-order valence-corrected chi connectivity index (χ4v) is 9.01. The van der Waals surface area contributed by atoms with E-state index in [0.29, 0.717) is 10.8 Å². The van der Waals surface area contributed by atoms with Gasteiger partial charge in [-0.2, -0.15) is 0 Å². The zero-order chi connectivity index (χ0) is 14.6. The first-order chi connectivity index (χ1) is 10.7. The van der Waals surface area contributed by atoms with E-state index >= 15 is 0 Å². The van der Waals surface area contributed by atoms with Gasteiger partial charge < -0.3 is 0 Å². The summed E-state index contributed by atoms with van der Waals surface area (Å²) in [4.78, 5) is 0. The molecule has 0 saturated heterocycles. The van der Waals surface area contributed by atoms with Crippen molar-refractivity contribution in [1.29, 1.82) is 0 Å². The topological polar surface area (TPSA) is 0 Å². The largest absolute Gasteiger partial charge is 0.122 e. The fourth-order valence-electron chi connectivity index (χ4n) is 8.12. The summed E-state index contributed by atoms with van der Waals surface area (Å²) in [5.74, 6) is 6.91. The molecule has 0 spiro atoms. The van der Waals surface area contributed by atoms with Crippen molar-refractivity contribution >= 4 is 23.2 Å². The molecular weight excluding hydrogens is 311 g/mol. The van der Waals surface area contributed by atoms with Crippen molar-refractivity contribution in [2.24, 2.45) is 47.3 Å². The maximum atomic E-state index is 6.95. The maximum absolute atomic E-state index is 6.95. The molecule has 8 bridgehead atoms. The average Bonchev–Trinajstić information content (AvgIpc) is 2.50. The van der Waals surface area contributed by atoms with Crippen molar-refractivity contribution in [3.63, 3.8) is 0 Å². The van der Waals surface area contributed by atoms with E-state index < -0.39 is 0 Å². The van der Waals surface area contributed by atoms with Crippen molar-refractivity contribution < 1.29 is 0 Å². The minimum Gasteiger partial charge on any atom is -0.122 e. The quantitative estimate of drug-likeness (QED) is 0.397. The third-order valence-electron chi connectivity index (χ3n) is 8.54. The van der Waals surface area contributed by atoms with Gasteiger partial charge in [0, 0.05) is 10.8 Å². The van der Waals surface area contributed by atoms with Crippen LogP contribution in [0, 0.1) is 47.3 Å². The van der Waals surface area contributed by atoms with Crippen LogP contribution in [0.5, 0.6) is 0 Å². The summed E-state index contributed by atoms with van der Waals surface area (Å²) in [5.41, 5.74) is 3.76. The molecule has 22 heavy (non-hydrogen) atoms. The minimum absolute atomic E-state index is 0.446. The lowest BCUT2D eigenvalue weighted by Crippen LogP contribution is -2.52. The van der Waals surface area contributed by atoms with Gasteiger partial charge in [0.05, 0.1) is 0 Å². The highest BCUT2D eigenvalue weighted by molar-refractivity contribution is 6.21. The van der Waals surface area contributed by atoms with Gasteiger partial charge in [-0.05, 0) is 98.7 Å². The normalized spacial score (nSPS) is 64.6. The number of hydrogen-bond donors (Lipinski definition) is 0. The maximum Gasteiger partial charge on any atom is 0.0430 e. The molecule has 0 amide bonds. The molecule has 0 aromatic rings. The van der Waals surface area contributed by atoms with Crippen LogP contribution in [0.25, 0.3) is 0 Å². The van der Waals surface area contributed by atoms with E-state index in [9.17, 15) is 0 Å². The fraction of sp³-hybridized carbons (Fsp3) is 0.900. The Hall–Kier alpha value is 0.320. The van der Waals surface area contributed by atoms with Crippen LogP contribution in [0.15, 0.2) is 11.1 Å². The smallest absolute Gasteiger partial charge is 0.0430 e. The van der Waals surface area contributed by atoms with Crippen LogP contribution in [0.4, 0.5) is 0 Å². The van der Waals surface area contributed by atoms with Gasteiger partial charge in [0.25, 0.3) is 0 Å². The monoisotopic (exact) mass is 336 g/mol. The SMILES string of the molecule is ClC1[C@@H]2C[C@H]3C[C@@H](C2)C(=C2[C@H]4C[C@@H]5C[C@H](C4)C(Cl)[C@H]2C5)[C@@H]1C3. The highest BCUT2D eigenvalue weighted by Crippen LogP contribution is 2.64. The number of halogens is 2. The molecule has 0 nitrogen and oxygen atoms in total. The van der Waals surface area contributed by atoms with E-state index in [4.69, 9.17) is 23.2 Å². The Labute approximate surface area is 144 Å². The minimum atomic E-state index is 0.446. The van der Waals surface area contributed by atoms with Gasteiger partial charge in [0.1, 0.15) is 0 Å². The van der Waals surface area contributed by atoms with Crippen molar-refractivity contribution in [3.05, 3.63) is 11.1 Å². The molecule has 0 heterocycles. The van der Waals surface area contributed by atoms with Crippen molar-refractivity contribution in [1.82, 2.24) is 0 Å². The van der Waals surface area contributed by atoms with Gasteiger partial charge in [0.15, 0.2) is 0 Å². The van der Waals surface area contributed by atoms with Crippen LogP contribution in [0.1, 0.15) is 51.4 Å². The lowest BCUT2D eigenvalue weighted by Gasteiger charge is -2.60. The highest BCUT2D eigenvalue weighted by Gasteiger charge is 2.56. The third kappa shape index (κ3) is 1.62. The Bertz CT molecular complexity index is 504. The average molecular weight is 337 g/mol. The number of alkyl halides is 2. The predicted octanol–water partition coefficient (Wildman–Crippen LogP) is 5.63. The van der Waals surface area contributed by atoms with Crippen molar-refractivity contribution in [2.45, 2.75) is 62.1 Å². The van der Waals surface area contributed by atoms with Gasteiger partial charge in [-0.25, -0.2) is 0 Å². The lowest BCUT2D eigenvalue weighted by atomic mass is 9.48. The summed E-state index contributed by atoms with van der Waals surface area (Å²) in [6, 6.07) is 0. The van der Waals surface area contributed by atoms with Gasteiger partial charge in [0.2, 0.25) is 0 Å². The summed E-state index contributed by atoms with van der Waals surface area (Å²) in [7, 11) is 0. The van der Waals surface area contributed by atoms with E-state index in [1.807, 2.05) is 11.1 Å². The molecule has 8 rings (SSSR count). The Morgan fingerprint density at radius 3 is 1.45 bits per heavy atom. The molecule has 8 saturated carbocycles. The second-order valence-corrected chi connectivity index (χ2v) is 10.6. The Kier molecular flexibility index (Phi) is 2.77. The highest BCUT2D eigenvalue weighted by atomic mass is 35.5. The molecule has 0 aromatic heterocycles. The molecule has 2 unspecified atom stereocenters. The van der Waals surface area contributed by atoms with E-state index in [0.717, 1.165) is 47.3 Å². The molecule has 2 heteroatoms. The Morgan fingerprint density at radius 1 is 0.545 bits per heavy atom. The molecule has 0 radical (unpaired) electrons. The van der Waals surface area contributed by atoms with Crippen molar-refractivity contribution in [2.75, 3.05) is 0 Å². The summed E-state index contributed by atoms with van der Waals surface area (Å²) in [6.07, 6.45) is 11.4. The first-order valence-electron chi connectivity index (χ1n) is 9.71. The van der Waals surface area contributed by atoms with Crippen LogP contribution >= 0.6 is 23.2 Å². The zero-order valence-electron chi connectivity index (χ0n) is 13.2. The summed E-state index contributed by atoms with van der Waals surface area (Å²) in [6.45, 7) is 0.